The molecule has 5 rings (SSSR count). The average Bonchev–Trinajstić information content (AvgIpc) is 3.17. The third-order valence-electron chi connectivity index (χ3n) is 7.12. The van der Waals surface area contributed by atoms with Crippen LogP contribution in [0.3, 0.4) is 0 Å². The van der Waals surface area contributed by atoms with E-state index >= 15 is 0 Å². The zero-order chi connectivity index (χ0) is 25.2. The Hall–Kier alpha value is -3.42. The van der Waals surface area contributed by atoms with Crippen molar-refractivity contribution >= 4 is 16.9 Å². The largest absolute Gasteiger partial charge is 0.490 e. The van der Waals surface area contributed by atoms with Gasteiger partial charge in [0.2, 0.25) is 5.76 Å². The summed E-state index contributed by atoms with van der Waals surface area (Å²) in [5.74, 6) is 0.624. The van der Waals surface area contributed by atoms with Crippen LogP contribution < -0.4 is 10.2 Å². The van der Waals surface area contributed by atoms with E-state index in [0.29, 0.717) is 35.4 Å². The number of rotatable bonds is 8. The second-order valence-electron chi connectivity index (χ2n) is 9.48. The molecule has 2 aliphatic heterocycles. The van der Waals surface area contributed by atoms with Crippen LogP contribution in [0.2, 0.25) is 0 Å². The fraction of sp³-hybridized carbons (Fsp3) is 0.379. The Kier molecular flexibility index (Phi) is 6.94. The molecule has 1 fully saturated rings. The molecule has 0 radical (unpaired) electrons. The number of ether oxygens (including phenoxy) is 2. The topological polar surface area (TPSA) is 72.2 Å². The molecule has 7 nitrogen and oxygen atoms in total. The number of nitrogens with zero attached hydrogens (tertiary/aromatic N) is 2. The van der Waals surface area contributed by atoms with E-state index in [4.69, 9.17) is 13.9 Å². The Labute approximate surface area is 210 Å². The molecule has 3 heterocycles. The van der Waals surface area contributed by atoms with Crippen molar-refractivity contribution in [2.45, 2.75) is 26.3 Å². The summed E-state index contributed by atoms with van der Waals surface area (Å²) in [6.07, 6.45) is 2.48. The van der Waals surface area contributed by atoms with Crippen molar-refractivity contribution in [1.82, 2.24) is 9.80 Å². The summed E-state index contributed by atoms with van der Waals surface area (Å²) >= 11 is 0. The number of aryl methyl sites for hydroxylation is 2. The highest BCUT2D eigenvalue weighted by atomic mass is 16.5. The number of fused-ring (bicyclic) bond motifs is 2. The number of benzene rings is 2. The lowest BCUT2D eigenvalue weighted by atomic mass is 9.97. The molecule has 0 spiro atoms. The molecule has 1 aromatic heterocycles. The van der Waals surface area contributed by atoms with Crippen molar-refractivity contribution in [3.63, 3.8) is 0 Å². The van der Waals surface area contributed by atoms with Gasteiger partial charge in [-0.2, -0.15) is 0 Å². The lowest BCUT2D eigenvalue weighted by Crippen LogP contribution is -2.38. The SMILES string of the molecule is C=CCOc1ccc([C@H]2c3c(oc4cc(C)c(C)cc4c3=O)C(=O)N2CCCN2CCOCC2)cc1. The lowest BCUT2D eigenvalue weighted by molar-refractivity contribution is 0.0353. The summed E-state index contributed by atoms with van der Waals surface area (Å²) in [7, 11) is 0. The van der Waals surface area contributed by atoms with E-state index in [9.17, 15) is 9.59 Å². The van der Waals surface area contributed by atoms with Gasteiger partial charge in [-0.3, -0.25) is 14.5 Å². The molecule has 2 aromatic carbocycles. The fourth-order valence-electron chi connectivity index (χ4n) is 5.04. The van der Waals surface area contributed by atoms with Crippen molar-refractivity contribution in [1.29, 1.82) is 0 Å². The molecule has 0 saturated carbocycles. The van der Waals surface area contributed by atoms with Crippen LogP contribution in [-0.4, -0.2) is 61.7 Å². The number of hydrogen-bond donors (Lipinski definition) is 0. The van der Waals surface area contributed by atoms with Gasteiger partial charge in [0.1, 0.15) is 17.9 Å². The van der Waals surface area contributed by atoms with Crippen LogP contribution in [-0.2, 0) is 4.74 Å². The van der Waals surface area contributed by atoms with Gasteiger partial charge in [0.15, 0.2) is 5.43 Å². The third-order valence-corrected chi connectivity index (χ3v) is 7.12. The minimum absolute atomic E-state index is 0.143. The van der Waals surface area contributed by atoms with Crippen LogP contribution in [0, 0.1) is 13.8 Å². The molecule has 1 saturated heterocycles. The highest BCUT2D eigenvalue weighted by Crippen LogP contribution is 2.39. The normalized spacial score (nSPS) is 18.0. The highest BCUT2D eigenvalue weighted by Gasteiger charge is 2.42. The second-order valence-corrected chi connectivity index (χ2v) is 9.48. The first kappa shape index (κ1) is 24.3. The van der Waals surface area contributed by atoms with Crippen LogP contribution in [0.4, 0.5) is 0 Å². The lowest BCUT2D eigenvalue weighted by Gasteiger charge is -2.29. The summed E-state index contributed by atoms with van der Waals surface area (Å²) in [4.78, 5) is 31.6. The molecule has 1 atom stereocenters. The van der Waals surface area contributed by atoms with E-state index in [0.717, 1.165) is 56.0 Å². The van der Waals surface area contributed by atoms with Gasteiger partial charge in [0.25, 0.3) is 5.91 Å². The first-order valence-electron chi connectivity index (χ1n) is 12.5. The quantitative estimate of drug-likeness (QED) is 0.442. The minimum atomic E-state index is -0.507. The maximum absolute atomic E-state index is 13.8. The van der Waals surface area contributed by atoms with Gasteiger partial charge in [-0.15, -0.1) is 0 Å². The van der Waals surface area contributed by atoms with E-state index in [1.54, 1.807) is 11.0 Å². The molecule has 7 heteroatoms. The van der Waals surface area contributed by atoms with Gasteiger partial charge < -0.3 is 18.8 Å². The third kappa shape index (κ3) is 4.56. The number of amides is 1. The summed E-state index contributed by atoms with van der Waals surface area (Å²) in [6.45, 7) is 12.7. The summed E-state index contributed by atoms with van der Waals surface area (Å²) in [5, 5.41) is 0.510. The Morgan fingerprint density at radius 1 is 1.06 bits per heavy atom. The molecule has 0 aliphatic carbocycles. The molecule has 36 heavy (non-hydrogen) atoms. The highest BCUT2D eigenvalue weighted by molar-refractivity contribution is 5.99. The standard InChI is InChI=1S/C29H32N2O5/c1-4-14-35-22-8-6-21(7-9-22)26-25-27(32)23-17-19(2)20(3)18-24(23)36-28(25)29(33)31(26)11-5-10-30-12-15-34-16-13-30/h4,6-9,17-18,26H,1,5,10-16H2,2-3H3/t26-/m0/s1. The Balaban J connectivity index is 1.52. The molecule has 0 unspecified atom stereocenters. The Morgan fingerprint density at radius 2 is 1.78 bits per heavy atom. The van der Waals surface area contributed by atoms with E-state index in [-0.39, 0.29) is 17.1 Å². The first-order chi connectivity index (χ1) is 17.5. The Morgan fingerprint density at radius 3 is 2.50 bits per heavy atom. The van der Waals surface area contributed by atoms with Crippen LogP contribution in [0.5, 0.6) is 5.75 Å². The van der Waals surface area contributed by atoms with E-state index in [2.05, 4.69) is 11.5 Å². The average molecular weight is 489 g/mol. The first-order valence-corrected chi connectivity index (χ1v) is 12.5. The van der Waals surface area contributed by atoms with Crippen molar-refractivity contribution in [3.05, 3.63) is 87.3 Å². The second kappa shape index (κ2) is 10.3. The monoisotopic (exact) mass is 488 g/mol. The van der Waals surface area contributed by atoms with Crippen LogP contribution in [0.1, 0.15) is 45.3 Å². The molecule has 188 valence electrons. The van der Waals surface area contributed by atoms with E-state index in [1.807, 2.05) is 50.2 Å². The summed E-state index contributed by atoms with van der Waals surface area (Å²) in [5.41, 5.74) is 3.62. The van der Waals surface area contributed by atoms with Gasteiger partial charge in [0, 0.05) is 26.2 Å². The van der Waals surface area contributed by atoms with Crippen molar-refractivity contribution in [2.24, 2.45) is 0 Å². The molecule has 2 aliphatic rings. The number of carbonyl (C=O) groups is 1. The van der Waals surface area contributed by atoms with Crippen molar-refractivity contribution in [3.8, 4) is 5.75 Å². The predicted molar refractivity (Wildman–Crippen MR) is 139 cm³/mol. The van der Waals surface area contributed by atoms with Gasteiger partial charge >= 0.3 is 0 Å². The molecule has 0 N–H and O–H groups in total. The van der Waals surface area contributed by atoms with Crippen LogP contribution in [0.25, 0.3) is 11.0 Å². The van der Waals surface area contributed by atoms with Crippen LogP contribution >= 0.6 is 0 Å². The zero-order valence-corrected chi connectivity index (χ0v) is 20.9. The van der Waals surface area contributed by atoms with Gasteiger partial charge in [-0.25, -0.2) is 0 Å². The smallest absolute Gasteiger partial charge is 0.290 e. The van der Waals surface area contributed by atoms with E-state index < -0.39 is 6.04 Å². The van der Waals surface area contributed by atoms with Crippen molar-refractivity contribution in [2.75, 3.05) is 46.0 Å². The van der Waals surface area contributed by atoms with Gasteiger partial charge in [0.05, 0.1) is 30.2 Å². The summed E-state index contributed by atoms with van der Waals surface area (Å²) < 4.78 is 17.2. The molecular formula is C29H32N2O5. The van der Waals surface area contributed by atoms with Crippen molar-refractivity contribution < 1.29 is 18.7 Å². The number of morpholine rings is 1. The van der Waals surface area contributed by atoms with Crippen LogP contribution in [0.15, 0.2) is 58.3 Å². The Bertz CT molecular complexity index is 1340. The molecule has 3 aromatic rings. The maximum atomic E-state index is 13.8. The summed E-state index contributed by atoms with van der Waals surface area (Å²) in [6, 6.07) is 10.8. The number of hydrogen-bond acceptors (Lipinski definition) is 6. The van der Waals surface area contributed by atoms with Gasteiger partial charge in [-0.05, 0) is 61.2 Å². The molecule has 1 amide bonds. The molecule has 0 bridgehead atoms. The van der Waals surface area contributed by atoms with Gasteiger partial charge in [-0.1, -0.05) is 24.8 Å². The fourth-order valence-corrected chi connectivity index (χ4v) is 5.04. The molecular weight excluding hydrogens is 456 g/mol. The maximum Gasteiger partial charge on any atom is 0.290 e. The predicted octanol–water partition coefficient (Wildman–Crippen LogP) is 4.24. The zero-order valence-electron chi connectivity index (χ0n) is 20.9. The minimum Gasteiger partial charge on any atom is -0.490 e. The van der Waals surface area contributed by atoms with E-state index in [1.165, 1.54) is 0 Å². The number of carbonyl (C=O) groups excluding carboxylic acids is 1.